The lowest BCUT2D eigenvalue weighted by molar-refractivity contribution is -0.0590. The molecule has 1 spiro atoms. The summed E-state index contributed by atoms with van der Waals surface area (Å²) in [5.74, 6) is -0.154. The van der Waals surface area contributed by atoms with Crippen molar-refractivity contribution in [3.8, 4) is 0 Å². The Morgan fingerprint density at radius 3 is 3.14 bits per heavy atom. The first-order valence-electron chi connectivity index (χ1n) is 7.24. The van der Waals surface area contributed by atoms with Crippen molar-refractivity contribution in [2.24, 2.45) is 0 Å². The zero-order valence-electron chi connectivity index (χ0n) is 11.6. The van der Waals surface area contributed by atoms with Gasteiger partial charge in [-0.3, -0.25) is 9.89 Å². The third kappa shape index (κ3) is 1.86. The highest BCUT2D eigenvalue weighted by Crippen LogP contribution is 2.36. The molecule has 0 aliphatic carbocycles. The molecule has 2 saturated heterocycles. The molecule has 2 atom stereocenters. The van der Waals surface area contributed by atoms with Crippen molar-refractivity contribution >= 4 is 16.8 Å². The van der Waals surface area contributed by atoms with Crippen LogP contribution in [0, 0.1) is 0 Å². The van der Waals surface area contributed by atoms with Gasteiger partial charge in [-0.15, -0.1) is 0 Å². The van der Waals surface area contributed by atoms with Crippen molar-refractivity contribution < 1.29 is 14.6 Å². The zero-order valence-corrected chi connectivity index (χ0v) is 11.6. The standard InChI is InChI=1S/C15H17N3O3/c19-12-8-18(9-15(12)6-3-7-21-15)14(20)13-10-4-1-2-5-11(10)16-17-13/h1-2,4-5,12,19H,3,6-9H2,(H,16,17)/t12-,15-/m0/s1. The maximum Gasteiger partial charge on any atom is 0.275 e. The first-order valence-corrected chi connectivity index (χ1v) is 7.24. The summed E-state index contributed by atoms with van der Waals surface area (Å²) in [6, 6.07) is 7.55. The molecule has 0 saturated carbocycles. The molecule has 3 heterocycles. The van der Waals surface area contributed by atoms with Gasteiger partial charge in [-0.05, 0) is 18.9 Å². The minimum atomic E-state index is -0.617. The zero-order chi connectivity index (χ0) is 14.4. The number of carbonyl (C=O) groups excluding carboxylic acids is 1. The van der Waals surface area contributed by atoms with E-state index in [0.29, 0.717) is 25.4 Å². The topological polar surface area (TPSA) is 78.5 Å². The fourth-order valence-corrected chi connectivity index (χ4v) is 3.41. The molecular formula is C15H17N3O3. The number of aliphatic hydroxyl groups excluding tert-OH is 1. The molecular weight excluding hydrogens is 270 g/mol. The van der Waals surface area contributed by atoms with Gasteiger partial charge in [0.15, 0.2) is 5.69 Å². The van der Waals surface area contributed by atoms with E-state index in [-0.39, 0.29) is 5.91 Å². The molecule has 2 fully saturated rings. The molecule has 4 rings (SSSR count). The SMILES string of the molecule is O=C(c1n[nH]c2ccccc12)N1C[C@H](O)[C@]2(CCCO2)C1. The Morgan fingerprint density at radius 2 is 2.33 bits per heavy atom. The van der Waals surface area contributed by atoms with Crippen LogP contribution in [-0.4, -0.2) is 57.5 Å². The largest absolute Gasteiger partial charge is 0.388 e. The fraction of sp³-hybridized carbons (Fsp3) is 0.467. The number of H-pyrrole nitrogens is 1. The summed E-state index contributed by atoms with van der Waals surface area (Å²) in [6.45, 7) is 1.40. The Morgan fingerprint density at radius 1 is 1.48 bits per heavy atom. The second kappa shape index (κ2) is 4.54. The third-order valence-corrected chi connectivity index (χ3v) is 4.55. The highest BCUT2D eigenvalue weighted by atomic mass is 16.5. The quantitative estimate of drug-likeness (QED) is 0.818. The van der Waals surface area contributed by atoms with E-state index < -0.39 is 11.7 Å². The maximum atomic E-state index is 12.7. The lowest BCUT2D eigenvalue weighted by Gasteiger charge is -2.25. The molecule has 2 aromatic rings. The third-order valence-electron chi connectivity index (χ3n) is 4.55. The summed E-state index contributed by atoms with van der Waals surface area (Å²) in [5.41, 5.74) is 0.683. The van der Waals surface area contributed by atoms with E-state index in [9.17, 15) is 9.90 Å². The molecule has 2 N–H and O–H groups in total. The Balaban J connectivity index is 1.64. The van der Waals surface area contributed by atoms with Crippen LogP contribution in [0.1, 0.15) is 23.3 Å². The average Bonchev–Trinajstić information content (AvgIpc) is 3.20. The first kappa shape index (κ1) is 12.8. The van der Waals surface area contributed by atoms with E-state index in [4.69, 9.17) is 4.74 Å². The lowest BCUT2D eigenvalue weighted by Crippen LogP contribution is -2.41. The summed E-state index contributed by atoms with van der Waals surface area (Å²) in [6.07, 6.45) is 1.12. The van der Waals surface area contributed by atoms with Gasteiger partial charge >= 0.3 is 0 Å². The molecule has 6 heteroatoms. The molecule has 110 valence electrons. The number of amides is 1. The lowest BCUT2D eigenvalue weighted by atomic mass is 9.97. The maximum absolute atomic E-state index is 12.7. The van der Waals surface area contributed by atoms with Crippen LogP contribution < -0.4 is 0 Å². The number of aliphatic hydroxyl groups is 1. The van der Waals surface area contributed by atoms with Gasteiger partial charge in [-0.1, -0.05) is 18.2 Å². The summed E-state index contributed by atoms with van der Waals surface area (Å²) >= 11 is 0. The smallest absolute Gasteiger partial charge is 0.275 e. The number of aromatic nitrogens is 2. The second-order valence-electron chi connectivity index (χ2n) is 5.84. The molecule has 1 aromatic heterocycles. The van der Waals surface area contributed by atoms with Gasteiger partial charge in [0.2, 0.25) is 0 Å². The number of hydrogen-bond acceptors (Lipinski definition) is 4. The van der Waals surface area contributed by atoms with E-state index in [0.717, 1.165) is 23.7 Å². The molecule has 1 amide bonds. The number of nitrogens with zero attached hydrogens (tertiary/aromatic N) is 2. The fourth-order valence-electron chi connectivity index (χ4n) is 3.41. The summed E-state index contributed by atoms with van der Waals surface area (Å²) < 4.78 is 5.73. The number of benzene rings is 1. The summed E-state index contributed by atoms with van der Waals surface area (Å²) in [7, 11) is 0. The minimum Gasteiger partial charge on any atom is -0.388 e. The van der Waals surface area contributed by atoms with Gasteiger partial charge in [-0.25, -0.2) is 0 Å². The van der Waals surface area contributed by atoms with E-state index in [1.165, 1.54) is 0 Å². The van der Waals surface area contributed by atoms with Crippen LogP contribution >= 0.6 is 0 Å². The molecule has 0 radical (unpaired) electrons. The average molecular weight is 287 g/mol. The Kier molecular flexibility index (Phi) is 2.77. The van der Waals surface area contributed by atoms with Crippen LogP contribution in [0.15, 0.2) is 24.3 Å². The van der Waals surface area contributed by atoms with Gasteiger partial charge < -0.3 is 14.7 Å². The molecule has 21 heavy (non-hydrogen) atoms. The van der Waals surface area contributed by atoms with Crippen molar-refractivity contribution in [1.29, 1.82) is 0 Å². The van der Waals surface area contributed by atoms with Crippen LogP contribution in [-0.2, 0) is 4.74 Å². The highest BCUT2D eigenvalue weighted by Gasteiger charge is 2.50. The monoisotopic (exact) mass is 287 g/mol. The van der Waals surface area contributed by atoms with Crippen molar-refractivity contribution in [1.82, 2.24) is 15.1 Å². The van der Waals surface area contributed by atoms with Crippen LogP contribution in [0.4, 0.5) is 0 Å². The van der Waals surface area contributed by atoms with Crippen molar-refractivity contribution in [3.05, 3.63) is 30.0 Å². The molecule has 2 aliphatic heterocycles. The van der Waals surface area contributed by atoms with E-state index in [1.807, 2.05) is 24.3 Å². The number of carbonyl (C=O) groups is 1. The van der Waals surface area contributed by atoms with Crippen LogP contribution in [0.3, 0.4) is 0 Å². The highest BCUT2D eigenvalue weighted by molar-refractivity contribution is 6.04. The summed E-state index contributed by atoms with van der Waals surface area (Å²) in [4.78, 5) is 14.3. The van der Waals surface area contributed by atoms with Crippen LogP contribution in [0.2, 0.25) is 0 Å². The van der Waals surface area contributed by atoms with Gasteiger partial charge in [0.1, 0.15) is 11.7 Å². The minimum absolute atomic E-state index is 0.154. The van der Waals surface area contributed by atoms with Gasteiger partial charge in [0, 0.05) is 18.5 Å². The molecule has 1 aromatic carbocycles. The van der Waals surface area contributed by atoms with Gasteiger partial charge in [0.05, 0.1) is 12.1 Å². The normalized spacial score (nSPS) is 28.8. The number of hydrogen-bond donors (Lipinski definition) is 2. The number of likely N-dealkylation sites (tertiary alicyclic amines) is 1. The van der Waals surface area contributed by atoms with Crippen molar-refractivity contribution in [2.45, 2.75) is 24.5 Å². The van der Waals surface area contributed by atoms with E-state index >= 15 is 0 Å². The van der Waals surface area contributed by atoms with Crippen LogP contribution in [0.5, 0.6) is 0 Å². The van der Waals surface area contributed by atoms with Gasteiger partial charge in [-0.2, -0.15) is 5.10 Å². The summed E-state index contributed by atoms with van der Waals surface area (Å²) in [5, 5.41) is 18.1. The van der Waals surface area contributed by atoms with E-state index in [1.54, 1.807) is 4.90 Å². The van der Waals surface area contributed by atoms with Crippen LogP contribution in [0.25, 0.3) is 10.9 Å². The van der Waals surface area contributed by atoms with Crippen molar-refractivity contribution in [3.63, 3.8) is 0 Å². The number of para-hydroxylation sites is 1. The number of aromatic amines is 1. The molecule has 0 unspecified atom stereocenters. The van der Waals surface area contributed by atoms with E-state index in [2.05, 4.69) is 10.2 Å². The number of nitrogens with one attached hydrogen (secondary N) is 1. The number of rotatable bonds is 1. The van der Waals surface area contributed by atoms with Gasteiger partial charge in [0.25, 0.3) is 5.91 Å². The number of fused-ring (bicyclic) bond motifs is 1. The Bertz CT molecular complexity index is 690. The second-order valence-corrected chi connectivity index (χ2v) is 5.84. The first-order chi connectivity index (χ1) is 10.2. The Labute approximate surface area is 121 Å². The predicted octanol–water partition coefficient (Wildman–Crippen LogP) is 0.929. The number of β-amino-alcohol motifs (C(OH)–C–C–N with tert-alkyl or cyclic N) is 1. The molecule has 2 aliphatic rings. The Hall–Kier alpha value is -1.92. The molecule has 0 bridgehead atoms. The molecule has 6 nitrogen and oxygen atoms in total. The number of ether oxygens (including phenoxy) is 1. The van der Waals surface area contributed by atoms with Crippen molar-refractivity contribution in [2.75, 3.05) is 19.7 Å². The predicted molar refractivity (Wildman–Crippen MR) is 75.9 cm³/mol.